The molecule has 0 bridgehead atoms. The molecule has 2 saturated heterocycles. The normalized spacial score (nSPS) is 22.4. The van der Waals surface area contributed by atoms with Crippen molar-refractivity contribution in [2.24, 2.45) is 16.8 Å². The predicted molar refractivity (Wildman–Crippen MR) is 90.3 cm³/mol. The smallest absolute Gasteiger partial charge is 0.220 e. The van der Waals surface area contributed by atoms with Gasteiger partial charge in [-0.3, -0.25) is 9.69 Å². The molecule has 3 N–H and O–H groups in total. The molecule has 0 aliphatic carbocycles. The van der Waals surface area contributed by atoms with Crippen LogP contribution in [-0.2, 0) is 20.9 Å². The standard InChI is InChI=1S/C17H24N4O3/c18-17(20-24-12-14-9-16(22)19-10-14)15-3-1-2-13(8-15)11-21-4-6-23-7-5-21/h1-3,8,14H,4-7,9-12H2,(H2,18,20)(H,19,22). The third-order valence-electron chi connectivity index (χ3n) is 4.27. The number of hydrogen-bond donors (Lipinski definition) is 2. The van der Waals surface area contributed by atoms with Crippen LogP contribution in [0.1, 0.15) is 17.5 Å². The monoisotopic (exact) mass is 332 g/mol. The van der Waals surface area contributed by atoms with Gasteiger partial charge in [0.2, 0.25) is 5.91 Å². The highest BCUT2D eigenvalue weighted by Gasteiger charge is 2.21. The number of carbonyl (C=O) groups is 1. The molecular weight excluding hydrogens is 308 g/mol. The topological polar surface area (TPSA) is 89.2 Å². The first-order chi connectivity index (χ1) is 11.7. The van der Waals surface area contributed by atoms with Crippen molar-refractivity contribution < 1.29 is 14.4 Å². The summed E-state index contributed by atoms with van der Waals surface area (Å²) in [6.07, 6.45) is 0.491. The Bertz CT molecular complexity index is 599. The van der Waals surface area contributed by atoms with Gasteiger partial charge in [0.05, 0.1) is 13.2 Å². The number of hydrogen-bond acceptors (Lipinski definition) is 5. The molecule has 2 heterocycles. The molecule has 2 fully saturated rings. The van der Waals surface area contributed by atoms with E-state index in [-0.39, 0.29) is 11.8 Å². The van der Waals surface area contributed by atoms with Crippen LogP contribution < -0.4 is 11.1 Å². The first-order valence-corrected chi connectivity index (χ1v) is 8.32. The van der Waals surface area contributed by atoms with E-state index in [1.165, 1.54) is 5.56 Å². The maximum absolute atomic E-state index is 11.1. The number of rotatable bonds is 6. The molecule has 7 heteroatoms. The number of amidine groups is 1. The number of nitrogens with zero attached hydrogens (tertiary/aromatic N) is 2. The highest BCUT2D eigenvalue weighted by atomic mass is 16.6. The molecule has 7 nitrogen and oxygen atoms in total. The Morgan fingerprint density at radius 3 is 3.00 bits per heavy atom. The van der Waals surface area contributed by atoms with E-state index in [2.05, 4.69) is 21.4 Å². The lowest BCUT2D eigenvalue weighted by molar-refractivity contribution is -0.119. The number of nitrogens with one attached hydrogen (secondary N) is 1. The van der Waals surface area contributed by atoms with Crippen LogP contribution in [-0.4, -0.2) is 56.1 Å². The van der Waals surface area contributed by atoms with Crippen LogP contribution >= 0.6 is 0 Å². The van der Waals surface area contributed by atoms with Crippen molar-refractivity contribution in [3.63, 3.8) is 0 Å². The van der Waals surface area contributed by atoms with Gasteiger partial charge in [0, 0.05) is 44.1 Å². The largest absolute Gasteiger partial charge is 0.394 e. The van der Waals surface area contributed by atoms with Crippen LogP contribution in [0.2, 0.25) is 0 Å². The van der Waals surface area contributed by atoms with Gasteiger partial charge in [-0.05, 0) is 11.6 Å². The Hall–Kier alpha value is -2.12. The minimum Gasteiger partial charge on any atom is -0.394 e. The molecule has 0 saturated carbocycles. The molecule has 1 aromatic carbocycles. The number of nitrogens with two attached hydrogens (primary N) is 1. The second-order valence-corrected chi connectivity index (χ2v) is 6.24. The SMILES string of the molecule is N/C(=N\OCC1CNC(=O)C1)c1cccc(CN2CCOCC2)c1. The fourth-order valence-electron chi connectivity index (χ4n) is 2.89. The minimum atomic E-state index is 0.0661. The highest BCUT2D eigenvalue weighted by Crippen LogP contribution is 2.11. The maximum atomic E-state index is 11.1. The lowest BCUT2D eigenvalue weighted by atomic mass is 10.1. The Morgan fingerprint density at radius 1 is 1.42 bits per heavy atom. The first kappa shape index (κ1) is 16.7. The summed E-state index contributed by atoms with van der Waals surface area (Å²) in [5.74, 6) is 0.592. The van der Waals surface area contributed by atoms with E-state index in [0.29, 0.717) is 25.4 Å². The van der Waals surface area contributed by atoms with Gasteiger partial charge in [-0.25, -0.2) is 0 Å². The zero-order valence-corrected chi connectivity index (χ0v) is 13.7. The molecule has 0 spiro atoms. The number of carbonyl (C=O) groups excluding carboxylic acids is 1. The third-order valence-corrected chi connectivity index (χ3v) is 4.27. The van der Waals surface area contributed by atoms with Crippen LogP contribution in [0, 0.1) is 5.92 Å². The zero-order chi connectivity index (χ0) is 16.8. The van der Waals surface area contributed by atoms with Gasteiger partial charge in [0.25, 0.3) is 0 Å². The Kier molecular flexibility index (Phi) is 5.66. The molecule has 1 unspecified atom stereocenters. The quantitative estimate of drug-likeness (QED) is 0.444. The van der Waals surface area contributed by atoms with Crippen molar-refractivity contribution in [1.29, 1.82) is 0 Å². The van der Waals surface area contributed by atoms with Crippen LogP contribution in [0.25, 0.3) is 0 Å². The van der Waals surface area contributed by atoms with Gasteiger partial charge >= 0.3 is 0 Å². The average molecular weight is 332 g/mol. The number of amides is 1. The van der Waals surface area contributed by atoms with Gasteiger partial charge in [0.1, 0.15) is 6.61 Å². The minimum absolute atomic E-state index is 0.0661. The summed E-state index contributed by atoms with van der Waals surface area (Å²) >= 11 is 0. The van der Waals surface area contributed by atoms with Crippen molar-refractivity contribution in [3.8, 4) is 0 Å². The molecule has 3 rings (SSSR count). The molecule has 2 aliphatic rings. The zero-order valence-electron chi connectivity index (χ0n) is 13.7. The van der Waals surface area contributed by atoms with Crippen LogP contribution in [0.4, 0.5) is 0 Å². The summed E-state index contributed by atoms with van der Waals surface area (Å²) in [5, 5.41) is 6.77. The second-order valence-electron chi connectivity index (χ2n) is 6.24. The van der Waals surface area contributed by atoms with Crippen LogP contribution in [0.5, 0.6) is 0 Å². The van der Waals surface area contributed by atoms with Crippen LogP contribution in [0.3, 0.4) is 0 Å². The Labute approximate surface area is 141 Å². The maximum Gasteiger partial charge on any atom is 0.220 e. The fourth-order valence-corrected chi connectivity index (χ4v) is 2.89. The van der Waals surface area contributed by atoms with E-state index < -0.39 is 0 Å². The average Bonchev–Trinajstić information content (AvgIpc) is 3.01. The molecule has 130 valence electrons. The van der Waals surface area contributed by atoms with Gasteiger partial charge in [-0.2, -0.15) is 0 Å². The Morgan fingerprint density at radius 2 is 2.25 bits per heavy atom. The molecule has 0 radical (unpaired) electrons. The number of oxime groups is 1. The lowest BCUT2D eigenvalue weighted by Crippen LogP contribution is -2.35. The van der Waals surface area contributed by atoms with E-state index >= 15 is 0 Å². The number of morpholine rings is 1. The summed E-state index contributed by atoms with van der Waals surface area (Å²) < 4.78 is 5.37. The first-order valence-electron chi connectivity index (χ1n) is 8.32. The van der Waals surface area contributed by atoms with Crippen molar-refractivity contribution in [2.45, 2.75) is 13.0 Å². The molecule has 1 amide bonds. The number of ether oxygens (including phenoxy) is 1. The molecule has 1 aromatic rings. The van der Waals surface area contributed by atoms with Gasteiger partial charge in [0.15, 0.2) is 5.84 Å². The Balaban J connectivity index is 1.53. The second kappa shape index (κ2) is 8.12. The van der Waals surface area contributed by atoms with Crippen LogP contribution in [0.15, 0.2) is 29.4 Å². The summed E-state index contributed by atoms with van der Waals surface area (Å²) in [6, 6.07) is 8.03. The van der Waals surface area contributed by atoms with Gasteiger partial charge in [-0.1, -0.05) is 23.4 Å². The lowest BCUT2D eigenvalue weighted by Gasteiger charge is -2.26. The van der Waals surface area contributed by atoms with Gasteiger partial charge < -0.3 is 20.6 Å². The van der Waals surface area contributed by atoms with Gasteiger partial charge in [-0.15, -0.1) is 0 Å². The molecule has 1 atom stereocenters. The highest BCUT2D eigenvalue weighted by molar-refractivity contribution is 5.97. The molecule has 24 heavy (non-hydrogen) atoms. The van der Waals surface area contributed by atoms with E-state index in [0.717, 1.165) is 38.4 Å². The summed E-state index contributed by atoms with van der Waals surface area (Å²) in [4.78, 5) is 18.8. The van der Waals surface area contributed by atoms with E-state index in [9.17, 15) is 4.79 Å². The summed E-state index contributed by atoms with van der Waals surface area (Å²) in [7, 11) is 0. The predicted octanol–water partition coefficient (Wildman–Crippen LogP) is 0.292. The van der Waals surface area contributed by atoms with E-state index in [1.54, 1.807) is 0 Å². The summed E-state index contributed by atoms with van der Waals surface area (Å²) in [6.45, 7) is 5.39. The molecular formula is C17H24N4O3. The fraction of sp³-hybridized carbons (Fsp3) is 0.529. The summed E-state index contributed by atoms with van der Waals surface area (Å²) in [5.41, 5.74) is 8.06. The molecule has 2 aliphatic heterocycles. The molecule has 0 aromatic heterocycles. The third kappa shape index (κ3) is 4.69. The van der Waals surface area contributed by atoms with E-state index in [4.69, 9.17) is 15.3 Å². The van der Waals surface area contributed by atoms with E-state index in [1.807, 2.05) is 18.2 Å². The van der Waals surface area contributed by atoms with Crippen molar-refractivity contribution >= 4 is 11.7 Å². The van der Waals surface area contributed by atoms with Crippen molar-refractivity contribution in [3.05, 3.63) is 35.4 Å². The van der Waals surface area contributed by atoms with Crippen molar-refractivity contribution in [1.82, 2.24) is 10.2 Å². The van der Waals surface area contributed by atoms with Crippen molar-refractivity contribution in [2.75, 3.05) is 39.5 Å². The number of benzene rings is 1.